The monoisotopic (exact) mass is 263 g/mol. The van der Waals surface area contributed by atoms with Crippen LogP contribution < -0.4 is 5.73 Å². The number of hydrogen-bond donors (Lipinski definition) is 1. The Balaban J connectivity index is 2.52. The number of ketones is 1. The molecule has 0 amide bonds. The number of hydrogen-bond acceptors (Lipinski definition) is 4. The summed E-state index contributed by atoms with van der Waals surface area (Å²) >= 11 is 0. The molecule has 0 fully saturated rings. The normalized spacial score (nSPS) is 11.9. The number of esters is 1. The van der Waals surface area contributed by atoms with E-state index in [1.165, 1.54) is 0 Å². The summed E-state index contributed by atoms with van der Waals surface area (Å²) in [6.07, 6.45) is 1.94. The van der Waals surface area contributed by atoms with Crippen LogP contribution in [0.5, 0.6) is 0 Å². The standard InChI is InChI=1S/C15H21NO3/c1-3-4-9-19-15(18)11(2)10-14(17)12-7-5-6-8-13(12)16/h5-8,11H,3-4,9-10,16H2,1-2H3. The highest BCUT2D eigenvalue weighted by molar-refractivity contribution is 6.02. The van der Waals surface area contributed by atoms with E-state index in [1.54, 1.807) is 31.2 Å². The van der Waals surface area contributed by atoms with Crippen LogP contribution in [0.1, 0.15) is 43.5 Å². The van der Waals surface area contributed by atoms with Crippen molar-refractivity contribution in [2.75, 3.05) is 12.3 Å². The summed E-state index contributed by atoms with van der Waals surface area (Å²) in [6.45, 7) is 4.14. The lowest BCUT2D eigenvalue weighted by Gasteiger charge is -2.11. The lowest BCUT2D eigenvalue weighted by molar-refractivity contribution is -0.147. The molecule has 1 rings (SSSR count). The highest BCUT2D eigenvalue weighted by Crippen LogP contribution is 2.16. The summed E-state index contributed by atoms with van der Waals surface area (Å²) in [4.78, 5) is 23.7. The molecule has 4 heteroatoms. The van der Waals surface area contributed by atoms with E-state index in [0.717, 1.165) is 12.8 Å². The third kappa shape index (κ3) is 4.73. The molecule has 104 valence electrons. The van der Waals surface area contributed by atoms with Gasteiger partial charge in [-0.1, -0.05) is 32.4 Å². The number of Topliss-reactive ketones (excluding diaryl/α,β-unsaturated/α-hetero) is 1. The number of unbranched alkanes of at least 4 members (excludes halogenated alkanes) is 1. The Hall–Kier alpha value is -1.84. The fourth-order valence-corrected chi connectivity index (χ4v) is 1.68. The third-order valence-corrected chi connectivity index (χ3v) is 2.90. The molecule has 0 heterocycles. The van der Waals surface area contributed by atoms with Gasteiger partial charge in [-0.05, 0) is 18.6 Å². The van der Waals surface area contributed by atoms with Crippen LogP contribution in [0.15, 0.2) is 24.3 Å². The van der Waals surface area contributed by atoms with Crippen molar-refractivity contribution in [1.29, 1.82) is 0 Å². The summed E-state index contributed by atoms with van der Waals surface area (Å²) in [6, 6.07) is 6.88. The number of anilines is 1. The maximum atomic E-state index is 12.0. The Morgan fingerprint density at radius 2 is 2.00 bits per heavy atom. The Morgan fingerprint density at radius 3 is 2.63 bits per heavy atom. The minimum absolute atomic E-state index is 0.124. The maximum absolute atomic E-state index is 12.0. The topological polar surface area (TPSA) is 69.4 Å². The average molecular weight is 263 g/mol. The van der Waals surface area contributed by atoms with E-state index < -0.39 is 5.92 Å². The third-order valence-electron chi connectivity index (χ3n) is 2.90. The molecule has 0 bridgehead atoms. The molecule has 1 atom stereocenters. The molecule has 0 radical (unpaired) electrons. The van der Waals surface area contributed by atoms with Gasteiger partial charge in [0.05, 0.1) is 12.5 Å². The fraction of sp³-hybridized carbons (Fsp3) is 0.467. The number of carbonyl (C=O) groups is 2. The van der Waals surface area contributed by atoms with E-state index in [2.05, 4.69) is 0 Å². The lowest BCUT2D eigenvalue weighted by Crippen LogP contribution is -2.19. The first-order chi connectivity index (χ1) is 9.06. The summed E-state index contributed by atoms with van der Waals surface area (Å²) in [5.74, 6) is -0.890. The van der Waals surface area contributed by atoms with Crippen molar-refractivity contribution in [3.63, 3.8) is 0 Å². The van der Waals surface area contributed by atoms with Gasteiger partial charge >= 0.3 is 5.97 Å². The molecule has 0 aliphatic heterocycles. The van der Waals surface area contributed by atoms with Crippen LogP contribution in [-0.2, 0) is 9.53 Å². The number of benzene rings is 1. The van der Waals surface area contributed by atoms with Gasteiger partial charge < -0.3 is 10.5 Å². The van der Waals surface area contributed by atoms with E-state index in [1.807, 2.05) is 6.92 Å². The minimum atomic E-state index is -0.441. The Labute approximate surface area is 113 Å². The zero-order valence-electron chi connectivity index (χ0n) is 11.5. The Kier molecular flexibility index (Phi) is 6.06. The molecule has 1 aromatic carbocycles. The number of nitrogen functional groups attached to an aromatic ring is 1. The molecular formula is C15H21NO3. The summed E-state index contributed by atoms with van der Waals surface area (Å²) in [5.41, 5.74) is 6.65. The molecular weight excluding hydrogens is 242 g/mol. The van der Waals surface area contributed by atoms with E-state index in [0.29, 0.717) is 17.9 Å². The van der Waals surface area contributed by atoms with Crippen LogP contribution in [0.25, 0.3) is 0 Å². The Bertz CT molecular complexity index is 443. The number of carbonyl (C=O) groups excluding carboxylic acids is 2. The second kappa shape index (κ2) is 7.56. The van der Waals surface area contributed by atoms with Gasteiger partial charge in [0.1, 0.15) is 0 Å². The second-order valence-corrected chi connectivity index (χ2v) is 4.64. The lowest BCUT2D eigenvalue weighted by atomic mass is 9.99. The molecule has 0 aliphatic rings. The van der Waals surface area contributed by atoms with Crippen molar-refractivity contribution in [1.82, 2.24) is 0 Å². The molecule has 4 nitrogen and oxygen atoms in total. The summed E-state index contributed by atoms with van der Waals surface area (Å²) in [7, 11) is 0. The van der Waals surface area contributed by atoms with Gasteiger partial charge in [0.15, 0.2) is 5.78 Å². The van der Waals surface area contributed by atoms with Gasteiger partial charge in [0.2, 0.25) is 0 Å². The summed E-state index contributed by atoms with van der Waals surface area (Å²) in [5, 5.41) is 0. The van der Waals surface area contributed by atoms with E-state index in [4.69, 9.17) is 10.5 Å². The predicted octanol–water partition coefficient (Wildman–Crippen LogP) is 2.82. The first-order valence-electron chi connectivity index (χ1n) is 6.60. The van der Waals surface area contributed by atoms with Crippen LogP contribution in [0, 0.1) is 5.92 Å². The Morgan fingerprint density at radius 1 is 1.32 bits per heavy atom. The van der Waals surface area contributed by atoms with Crippen molar-refractivity contribution in [2.45, 2.75) is 33.1 Å². The van der Waals surface area contributed by atoms with Crippen LogP contribution in [0.3, 0.4) is 0 Å². The van der Waals surface area contributed by atoms with Crippen molar-refractivity contribution in [3.05, 3.63) is 29.8 Å². The van der Waals surface area contributed by atoms with Crippen molar-refractivity contribution in [2.24, 2.45) is 5.92 Å². The molecule has 0 aliphatic carbocycles. The van der Waals surface area contributed by atoms with E-state index in [9.17, 15) is 9.59 Å². The second-order valence-electron chi connectivity index (χ2n) is 4.64. The molecule has 2 N–H and O–H groups in total. The number of ether oxygens (including phenoxy) is 1. The van der Waals surface area contributed by atoms with Crippen LogP contribution in [-0.4, -0.2) is 18.4 Å². The van der Waals surface area contributed by atoms with Crippen LogP contribution in [0.4, 0.5) is 5.69 Å². The summed E-state index contributed by atoms with van der Waals surface area (Å²) < 4.78 is 5.09. The van der Waals surface area contributed by atoms with Gasteiger partial charge in [0, 0.05) is 17.7 Å². The minimum Gasteiger partial charge on any atom is -0.465 e. The molecule has 19 heavy (non-hydrogen) atoms. The highest BCUT2D eigenvalue weighted by atomic mass is 16.5. The van der Waals surface area contributed by atoms with Crippen molar-refractivity contribution < 1.29 is 14.3 Å². The number of rotatable bonds is 7. The maximum Gasteiger partial charge on any atom is 0.309 e. The fourth-order valence-electron chi connectivity index (χ4n) is 1.68. The predicted molar refractivity (Wildman–Crippen MR) is 74.8 cm³/mol. The zero-order valence-corrected chi connectivity index (χ0v) is 11.5. The zero-order chi connectivity index (χ0) is 14.3. The van der Waals surface area contributed by atoms with Crippen molar-refractivity contribution in [3.8, 4) is 0 Å². The molecule has 1 aromatic rings. The molecule has 0 aromatic heterocycles. The number of para-hydroxylation sites is 1. The van der Waals surface area contributed by atoms with Gasteiger partial charge in [0.25, 0.3) is 0 Å². The molecule has 0 saturated carbocycles. The van der Waals surface area contributed by atoms with Crippen molar-refractivity contribution >= 4 is 17.4 Å². The molecule has 1 unspecified atom stereocenters. The molecule has 0 saturated heterocycles. The number of nitrogens with two attached hydrogens (primary N) is 1. The van der Waals surface area contributed by atoms with Crippen LogP contribution in [0.2, 0.25) is 0 Å². The average Bonchev–Trinajstić information content (AvgIpc) is 2.39. The SMILES string of the molecule is CCCCOC(=O)C(C)CC(=O)c1ccccc1N. The highest BCUT2D eigenvalue weighted by Gasteiger charge is 2.20. The van der Waals surface area contributed by atoms with Gasteiger partial charge in [-0.2, -0.15) is 0 Å². The smallest absolute Gasteiger partial charge is 0.309 e. The first-order valence-corrected chi connectivity index (χ1v) is 6.60. The molecule has 0 spiro atoms. The quantitative estimate of drug-likeness (QED) is 0.355. The van der Waals surface area contributed by atoms with Crippen LogP contribution >= 0.6 is 0 Å². The van der Waals surface area contributed by atoms with Gasteiger partial charge in [-0.25, -0.2) is 0 Å². The largest absolute Gasteiger partial charge is 0.465 e. The van der Waals surface area contributed by atoms with E-state index >= 15 is 0 Å². The van der Waals surface area contributed by atoms with Gasteiger partial charge in [-0.15, -0.1) is 0 Å². The van der Waals surface area contributed by atoms with Gasteiger partial charge in [-0.3, -0.25) is 9.59 Å². The first kappa shape index (κ1) is 15.2. The van der Waals surface area contributed by atoms with E-state index in [-0.39, 0.29) is 18.2 Å².